The molecule has 16 heavy (non-hydrogen) atoms. The minimum Gasteiger partial charge on any atom is -0.497 e. The quantitative estimate of drug-likeness (QED) is 0.712. The fourth-order valence-electron chi connectivity index (χ4n) is 1.78. The molecule has 0 spiro atoms. The van der Waals surface area contributed by atoms with Crippen molar-refractivity contribution in [2.75, 3.05) is 13.7 Å². The molecule has 1 aromatic carbocycles. The molecule has 1 aliphatic rings. The van der Waals surface area contributed by atoms with Gasteiger partial charge in [-0.25, -0.2) is 0 Å². The molecule has 0 saturated heterocycles. The van der Waals surface area contributed by atoms with Gasteiger partial charge in [-0.05, 0) is 18.2 Å². The number of rotatable bonds is 2. The summed E-state index contributed by atoms with van der Waals surface area (Å²) in [5.74, 6) is 1.34. The zero-order valence-electron chi connectivity index (χ0n) is 9.36. The summed E-state index contributed by atoms with van der Waals surface area (Å²) in [7, 11) is 1.62. The van der Waals surface area contributed by atoms with E-state index in [2.05, 4.69) is 0 Å². The summed E-state index contributed by atoms with van der Waals surface area (Å²) in [6, 6.07) is 5.63. The van der Waals surface area contributed by atoms with Gasteiger partial charge >= 0.3 is 5.97 Å². The van der Waals surface area contributed by atoms with E-state index >= 15 is 0 Å². The predicted molar refractivity (Wildman–Crippen MR) is 57.7 cm³/mol. The van der Waals surface area contributed by atoms with Crippen LogP contribution in [-0.4, -0.2) is 25.8 Å². The molecular formula is C12H14O4. The van der Waals surface area contributed by atoms with Crippen LogP contribution in [0.4, 0.5) is 0 Å². The molecule has 4 nitrogen and oxygen atoms in total. The largest absolute Gasteiger partial charge is 0.497 e. The lowest BCUT2D eigenvalue weighted by Gasteiger charge is -2.25. The number of methoxy groups -OCH3 is 1. The van der Waals surface area contributed by atoms with Crippen LogP contribution in [0.1, 0.15) is 12.5 Å². The van der Waals surface area contributed by atoms with Gasteiger partial charge in [0.25, 0.3) is 0 Å². The third-order valence-electron chi connectivity index (χ3n) is 2.47. The Morgan fingerprint density at radius 1 is 1.50 bits per heavy atom. The third kappa shape index (κ3) is 2.27. The molecule has 1 aromatic rings. The van der Waals surface area contributed by atoms with Crippen LogP contribution >= 0.6 is 0 Å². The molecule has 0 fully saturated rings. The van der Waals surface area contributed by atoms with Crippen LogP contribution in [0.5, 0.6) is 11.5 Å². The van der Waals surface area contributed by atoms with Gasteiger partial charge in [0.15, 0.2) is 0 Å². The molecule has 0 saturated carbocycles. The second-order valence-electron chi connectivity index (χ2n) is 3.72. The number of carbonyl (C=O) groups is 1. The maximum absolute atomic E-state index is 10.8. The fraction of sp³-hybridized carbons (Fsp3) is 0.417. The topological polar surface area (TPSA) is 44.8 Å². The SMILES string of the molecule is COc1ccc2c(c1)CC(OC(C)=O)CO2. The molecule has 0 amide bonds. The van der Waals surface area contributed by atoms with Crippen molar-refractivity contribution in [2.24, 2.45) is 0 Å². The number of esters is 1. The first-order chi connectivity index (χ1) is 7.69. The van der Waals surface area contributed by atoms with Gasteiger partial charge in [-0.1, -0.05) is 0 Å². The van der Waals surface area contributed by atoms with Crippen LogP contribution < -0.4 is 9.47 Å². The van der Waals surface area contributed by atoms with Crippen LogP contribution in [0, 0.1) is 0 Å². The fourth-order valence-corrected chi connectivity index (χ4v) is 1.78. The van der Waals surface area contributed by atoms with Gasteiger partial charge < -0.3 is 14.2 Å². The van der Waals surface area contributed by atoms with E-state index in [4.69, 9.17) is 14.2 Å². The molecule has 0 N–H and O–H groups in total. The summed E-state index contributed by atoms with van der Waals surface area (Å²) in [5.41, 5.74) is 1.01. The molecule has 1 heterocycles. The number of carbonyl (C=O) groups excluding carboxylic acids is 1. The smallest absolute Gasteiger partial charge is 0.303 e. The van der Waals surface area contributed by atoms with Crippen molar-refractivity contribution in [3.05, 3.63) is 23.8 Å². The number of hydrogen-bond donors (Lipinski definition) is 0. The van der Waals surface area contributed by atoms with Gasteiger partial charge in [-0.15, -0.1) is 0 Å². The summed E-state index contributed by atoms with van der Waals surface area (Å²) < 4.78 is 15.8. The standard InChI is InChI=1S/C12H14O4/c1-8(13)16-11-6-9-5-10(14-2)3-4-12(9)15-7-11/h3-5,11H,6-7H2,1-2H3. The van der Waals surface area contributed by atoms with Crippen molar-refractivity contribution in [1.29, 1.82) is 0 Å². The van der Waals surface area contributed by atoms with Crippen LogP contribution in [0.25, 0.3) is 0 Å². The Kier molecular flexibility index (Phi) is 2.99. The minimum atomic E-state index is -0.278. The summed E-state index contributed by atoms with van der Waals surface area (Å²) in [6.07, 6.45) is 0.476. The van der Waals surface area contributed by atoms with Crippen molar-refractivity contribution in [1.82, 2.24) is 0 Å². The average Bonchev–Trinajstić information content (AvgIpc) is 2.27. The van der Waals surface area contributed by atoms with Gasteiger partial charge in [-0.3, -0.25) is 4.79 Å². The lowest BCUT2D eigenvalue weighted by atomic mass is 10.0. The van der Waals surface area contributed by atoms with Crippen molar-refractivity contribution < 1.29 is 19.0 Å². The molecule has 1 aliphatic heterocycles. The zero-order chi connectivity index (χ0) is 11.5. The highest BCUT2D eigenvalue weighted by atomic mass is 16.6. The van der Waals surface area contributed by atoms with E-state index in [9.17, 15) is 4.79 Å². The molecule has 0 radical (unpaired) electrons. The van der Waals surface area contributed by atoms with Crippen molar-refractivity contribution in [2.45, 2.75) is 19.4 Å². The van der Waals surface area contributed by atoms with Crippen LogP contribution in [-0.2, 0) is 16.0 Å². The Hall–Kier alpha value is -1.71. The summed E-state index contributed by atoms with van der Waals surface area (Å²) >= 11 is 0. The molecule has 86 valence electrons. The van der Waals surface area contributed by atoms with Gasteiger partial charge in [0.1, 0.15) is 24.2 Å². The maximum atomic E-state index is 10.8. The van der Waals surface area contributed by atoms with E-state index in [1.165, 1.54) is 6.92 Å². The Balaban J connectivity index is 2.14. The highest BCUT2D eigenvalue weighted by Crippen LogP contribution is 2.29. The maximum Gasteiger partial charge on any atom is 0.303 e. The van der Waals surface area contributed by atoms with Gasteiger partial charge in [0, 0.05) is 18.9 Å². The molecule has 0 bridgehead atoms. The second kappa shape index (κ2) is 4.43. The lowest BCUT2D eigenvalue weighted by Crippen LogP contribution is -2.30. The van der Waals surface area contributed by atoms with E-state index in [-0.39, 0.29) is 12.1 Å². The van der Waals surface area contributed by atoms with E-state index in [0.717, 1.165) is 17.1 Å². The average molecular weight is 222 g/mol. The first-order valence-electron chi connectivity index (χ1n) is 5.16. The molecule has 1 atom stereocenters. The van der Waals surface area contributed by atoms with Gasteiger partial charge in [0.2, 0.25) is 0 Å². The normalized spacial score (nSPS) is 18.2. The Morgan fingerprint density at radius 3 is 3.00 bits per heavy atom. The molecule has 2 rings (SSSR count). The summed E-state index contributed by atoms with van der Waals surface area (Å²) in [6.45, 7) is 1.82. The van der Waals surface area contributed by atoms with Gasteiger partial charge in [0.05, 0.1) is 7.11 Å². The number of benzene rings is 1. The first-order valence-corrected chi connectivity index (χ1v) is 5.16. The van der Waals surface area contributed by atoms with Crippen LogP contribution in [0.15, 0.2) is 18.2 Å². The van der Waals surface area contributed by atoms with Crippen LogP contribution in [0.2, 0.25) is 0 Å². The monoisotopic (exact) mass is 222 g/mol. The third-order valence-corrected chi connectivity index (χ3v) is 2.47. The van der Waals surface area contributed by atoms with E-state index < -0.39 is 0 Å². The zero-order valence-corrected chi connectivity index (χ0v) is 9.36. The number of fused-ring (bicyclic) bond motifs is 1. The highest BCUT2D eigenvalue weighted by molar-refractivity contribution is 5.66. The second-order valence-corrected chi connectivity index (χ2v) is 3.72. The number of hydrogen-bond acceptors (Lipinski definition) is 4. The Bertz CT molecular complexity index is 400. The van der Waals surface area contributed by atoms with Crippen molar-refractivity contribution in [3.63, 3.8) is 0 Å². The summed E-state index contributed by atoms with van der Waals surface area (Å²) in [4.78, 5) is 10.8. The molecule has 0 aromatic heterocycles. The predicted octanol–water partition coefficient (Wildman–Crippen LogP) is 1.56. The van der Waals surface area contributed by atoms with Crippen molar-refractivity contribution >= 4 is 5.97 Å². The molecular weight excluding hydrogens is 208 g/mol. The first kappa shape index (κ1) is 10.8. The summed E-state index contributed by atoms with van der Waals surface area (Å²) in [5, 5.41) is 0. The van der Waals surface area contributed by atoms with E-state index in [0.29, 0.717) is 13.0 Å². The highest BCUT2D eigenvalue weighted by Gasteiger charge is 2.22. The minimum absolute atomic E-state index is 0.197. The Morgan fingerprint density at radius 2 is 2.31 bits per heavy atom. The molecule has 4 heteroatoms. The van der Waals surface area contributed by atoms with Crippen LogP contribution in [0.3, 0.4) is 0 Å². The number of ether oxygens (including phenoxy) is 3. The van der Waals surface area contributed by atoms with E-state index in [1.807, 2.05) is 18.2 Å². The lowest BCUT2D eigenvalue weighted by molar-refractivity contribution is -0.148. The van der Waals surface area contributed by atoms with Gasteiger partial charge in [-0.2, -0.15) is 0 Å². The molecule has 1 unspecified atom stereocenters. The van der Waals surface area contributed by atoms with Crippen molar-refractivity contribution in [3.8, 4) is 11.5 Å². The van der Waals surface area contributed by atoms with E-state index in [1.54, 1.807) is 7.11 Å². The molecule has 0 aliphatic carbocycles. The Labute approximate surface area is 94.1 Å².